The zero-order chi connectivity index (χ0) is 43.8. The lowest BCUT2D eigenvalue weighted by Gasteiger charge is -2.45. The zero-order valence-corrected chi connectivity index (χ0v) is 37.5. The van der Waals surface area contributed by atoms with Crippen LogP contribution in [0.2, 0.25) is 0 Å². The van der Waals surface area contributed by atoms with E-state index >= 15 is 0 Å². The van der Waals surface area contributed by atoms with Crippen LogP contribution in [0.15, 0.2) is 200 Å². The highest BCUT2D eigenvalue weighted by Crippen LogP contribution is 2.54. The maximum absolute atomic E-state index is 2.59. The van der Waals surface area contributed by atoms with Crippen molar-refractivity contribution in [3.8, 4) is 22.3 Å². The first kappa shape index (κ1) is 38.0. The Kier molecular flexibility index (Phi) is 8.01. The lowest BCUT2D eigenvalue weighted by Crippen LogP contribution is -2.61. The van der Waals surface area contributed by atoms with Crippen molar-refractivity contribution in [2.75, 3.05) is 14.7 Å². The first-order chi connectivity index (χ1) is 31.7. The number of hydrogen-bond acceptors (Lipinski definition) is 3. The Labute approximate surface area is 383 Å². The molecular weight excluding hydrogens is 786 g/mol. The lowest BCUT2D eigenvalue weighted by molar-refractivity contribution is 0.660. The SMILES string of the molecule is Cc1cc2c3c(c1)N(c1ccc4c(c1)C(C)(C)c1ccccc1-4)c1cc(N(c4ccccc4)c4ccccc4)ccc1B3c1ccccc1N2c1ccc2c(c1)C(C)(C)c1ccccc1-2. The zero-order valence-electron chi connectivity index (χ0n) is 37.5. The van der Waals surface area contributed by atoms with Gasteiger partial charge in [-0.1, -0.05) is 149 Å². The third kappa shape index (κ3) is 5.37. The monoisotopic (exact) mass is 833 g/mol. The fourth-order valence-corrected chi connectivity index (χ4v) is 12.0. The van der Waals surface area contributed by atoms with Gasteiger partial charge in [-0.05, 0) is 152 Å². The summed E-state index contributed by atoms with van der Waals surface area (Å²) >= 11 is 0. The highest BCUT2D eigenvalue weighted by atomic mass is 15.2. The largest absolute Gasteiger partial charge is 0.311 e. The van der Waals surface area contributed by atoms with E-state index in [1.165, 1.54) is 101 Å². The van der Waals surface area contributed by atoms with Crippen molar-refractivity contribution < 1.29 is 0 Å². The van der Waals surface area contributed by atoms with Gasteiger partial charge >= 0.3 is 0 Å². The average molecular weight is 834 g/mol. The van der Waals surface area contributed by atoms with Crippen molar-refractivity contribution >= 4 is 74.3 Å². The molecule has 65 heavy (non-hydrogen) atoms. The van der Waals surface area contributed by atoms with Crippen LogP contribution in [0.5, 0.6) is 0 Å². The van der Waals surface area contributed by atoms with E-state index in [-0.39, 0.29) is 17.5 Å². The number of aryl methyl sites for hydroxylation is 1. The molecule has 2 aliphatic carbocycles. The second-order valence-electron chi connectivity index (χ2n) is 19.4. The molecule has 0 saturated heterocycles. The van der Waals surface area contributed by atoms with Crippen LogP contribution >= 0.6 is 0 Å². The summed E-state index contributed by atoms with van der Waals surface area (Å²) in [5.74, 6) is 0. The van der Waals surface area contributed by atoms with Crippen LogP contribution in [-0.2, 0) is 10.8 Å². The van der Waals surface area contributed by atoms with Gasteiger partial charge in [0.15, 0.2) is 0 Å². The summed E-state index contributed by atoms with van der Waals surface area (Å²) in [4.78, 5) is 7.54. The summed E-state index contributed by atoms with van der Waals surface area (Å²) in [6, 6.07) is 75.1. The molecule has 0 amide bonds. The molecule has 4 aliphatic rings. The molecule has 0 fully saturated rings. The molecule has 0 N–H and O–H groups in total. The molecule has 2 aliphatic heterocycles. The van der Waals surface area contributed by atoms with E-state index in [1.807, 2.05) is 0 Å². The molecule has 3 nitrogen and oxygen atoms in total. The van der Waals surface area contributed by atoms with Crippen molar-refractivity contribution in [1.82, 2.24) is 0 Å². The van der Waals surface area contributed by atoms with E-state index in [2.05, 4.69) is 250 Å². The van der Waals surface area contributed by atoms with Gasteiger partial charge in [-0.15, -0.1) is 0 Å². The van der Waals surface area contributed by atoms with Crippen LogP contribution in [0.25, 0.3) is 22.3 Å². The molecule has 310 valence electrons. The Morgan fingerprint density at radius 3 is 1.40 bits per heavy atom. The van der Waals surface area contributed by atoms with Gasteiger partial charge in [-0.2, -0.15) is 0 Å². The van der Waals surface area contributed by atoms with Crippen molar-refractivity contribution in [3.05, 3.63) is 228 Å². The molecule has 0 atom stereocenters. The number of benzene rings is 9. The third-order valence-electron chi connectivity index (χ3n) is 15.0. The molecule has 0 bridgehead atoms. The fourth-order valence-electron chi connectivity index (χ4n) is 12.0. The third-order valence-corrected chi connectivity index (χ3v) is 15.0. The Morgan fingerprint density at radius 1 is 0.369 bits per heavy atom. The molecular formula is C61H48BN3. The van der Waals surface area contributed by atoms with Crippen molar-refractivity contribution in [2.45, 2.75) is 45.4 Å². The Hall–Kier alpha value is -7.56. The van der Waals surface area contributed by atoms with Gasteiger partial charge in [-0.3, -0.25) is 0 Å². The summed E-state index contributed by atoms with van der Waals surface area (Å²) < 4.78 is 0. The second kappa shape index (κ2) is 13.7. The van der Waals surface area contributed by atoms with Crippen LogP contribution in [0.1, 0.15) is 55.5 Å². The van der Waals surface area contributed by atoms with Crippen LogP contribution in [0.3, 0.4) is 0 Å². The van der Waals surface area contributed by atoms with E-state index < -0.39 is 0 Å². The molecule has 13 rings (SSSR count). The fraction of sp³-hybridized carbons (Fsp3) is 0.115. The maximum Gasteiger partial charge on any atom is 0.252 e. The summed E-state index contributed by atoms with van der Waals surface area (Å²) in [7, 11) is 0. The second-order valence-corrected chi connectivity index (χ2v) is 19.4. The van der Waals surface area contributed by atoms with Crippen LogP contribution in [0.4, 0.5) is 51.2 Å². The predicted molar refractivity (Wildman–Crippen MR) is 275 cm³/mol. The van der Waals surface area contributed by atoms with Crippen molar-refractivity contribution in [3.63, 3.8) is 0 Å². The minimum atomic E-state index is -0.148. The van der Waals surface area contributed by atoms with Gasteiger partial charge in [0.25, 0.3) is 6.71 Å². The standard InChI is InChI=1S/C61H48BN3/c1-39-34-57-59-58(35-39)65(43-29-32-48-46-23-13-15-25-50(46)61(4,5)52(48)37-43)56-38-44(63(40-18-8-6-9-19-40)41-20-10-7-11-21-41)30-33-54(56)62(59)53-26-16-17-27-55(53)64(57)42-28-31-47-45-22-12-14-24-49(45)60(2,3)51(47)36-42/h6-38H,1-5H3. The highest BCUT2D eigenvalue weighted by Gasteiger charge is 2.45. The predicted octanol–water partition coefficient (Wildman–Crippen LogP) is 14.2. The molecule has 2 heterocycles. The number of hydrogen-bond donors (Lipinski definition) is 0. The van der Waals surface area contributed by atoms with E-state index in [0.29, 0.717) is 0 Å². The topological polar surface area (TPSA) is 9.72 Å². The Balaban J connectivity index is 1.07. The van der Waals surface area contributed by atoms with Gasteiger partial charge in [0.2, 0.25) is 0 Å². The van der Waals surface area contributed by atoms with Gasteiger partial charge in [0.1, 0.15) is 0 Å². The Morgan fingerprint density at radius 2 is 0.831 bits per heavy atom. The van der Waals surface area contributed by atoms with Crippen LogP contribution in [0, 0.1) is 6.92 Å². The number of fused-ring (bicyclic) bond motifs is 10. The van der Waals surface area contributed by atoms with Gasteiger partial charge in [-0.25, -0.2) is 0 Å². The smallest absolute Gasteiger partial charge is 0.252 e. The lowest BCUT2D eigenvalue weighted by atomic mass is 9.33. The van der Waals surface area contributed by atoms with Crippen LogP contribution < -0.4 is 31.1 Å². The van der Waals surface area contributed by atoms with E-state index in [4.69, 9.17) is 0 Å². The Bertz CT molecular complexity index is 3380. The van der Waals surface area contributed by atoms with Crippen molar-refractivity contribution in [1.29, 1.82) is 0 Å². The van der Waals surface area contributed by atoms with E-state index in [1.54, 1.807) is 0 Å². The number of para-hydroxylation sites is 3. The summed E-state index contributed by atoms with van der Waals surface area (Å²) in [5, 5.41) is 0. The van der Waals surface area contributed by atoms with Crippen molar-refractivity contribution in [2.24, 2.45) is 0 Å². The average Bonchev–Trinajstić information content (AvgIpc) is 3.70. The first-order valence-electron chi connectivity index (χ1n) is 23.1. The van der Waals surface area contributed by atoms with Gasteiger partial charge in [0, 0.05) is 62.0 Å². The molecule has 0 aromatic heterocycles. The van der Waals surface area contributed by atoms with E-state index in [9.17, 15) is 0 Å². The van der Waals surface area contributed by atoms with E-state index in [0.717, 1.165) is 17.1 Å². The molecule has 9 aromatic carbocycles. The minimum absolute atomic E-state index is 0.0143. The molecule has 9 aromatic rings. The molecule has 0 radical (unpaired) electrons. The van der Waals surface area contributed by atoms with Gasteiger partial charge in [0.05, 0.1) is 0 Å². The normalized spacial score (nSPS) is 15.0. The molecule has 0 saturated carbocycles. The first-order valence-corrected chi connectivity index (χ1v) is 23.1. The summed E-state index contributed by atoms with van der Waals surface area (Å²) in [5.41, 5.74) is 26.4. The number of rotatable bonds is 5. The van der Waals surface area contributed by atoms with Crippen LogP contribution in [-0.4, -0.2) is 6.71 Å². The van der Waals surface area contributed by atoms with Gasteiger partial charge < -0.3 is 14.7 Å². The quantitative estimate of drug-likeness (QED) is 0.160. The number of nitrogens with zero attached hydrogens (tertiary/aromatic N) is 3. The highest BCUT2D eigenvalue weighted by molar-refractivity contribution is 7.00. The minimum Gasteiger partial charge on any atom is -0.311 e. The molecule has 0 spiro atoms. The summed E-state index contributed by atoms with van der Waals surface area (Å²) in [6.07, 6.45) is 0. The summed E-state index contributed by atoms with van der Waals surface area (Å²) in [6.45, 7) is 11.8. The molecule has 0 unspecified atom stereocenters. The maximum atomic E-state index is 2.59. The number of anilines is 9. The molecule has 4 heteroatoms.